The molecule has 3 aromatic rings. The van der Waals surface area contributed by atoms with E-state index in [1.807, 2.05) is 0 Å². The standard InChI is InChI=1S/C23H22F3N5O2S/c24-15-10-17(33-21-14(2-1-8-28-21)16-5-9-29-22(27)30-16)18(25)19(26)20(15)31-34(32)12-23-6-3-13(11-23)4-7-23/h1-2,5,8-10,13,31H,3-4,6-7,11-12H2,(H2,27,29,30). The van der Waals surface area contributed by atoms with Gasteiger partial charge in [-0.3, -0.25) is 4.72 Å². The number of fused-ring (bicyclic) bond motifs is 2. The first-order chi connectivity index (χ1) is 16.3. The molecule has 2 aliphatic rings. The topological polar surface area (TPSA) is 103 Å². The van der Waals surface area contributed by atoms with Crippen LogP contribution < -0.4 is 15.2 Å². The zero-order valence-electron chi connectivity index (χ0n) is 18.1. The summed E-state index contributed by atoms with van der Waals surface area (Å²) in [6.07, 6.45) is 7.89. The second kappa shape index (κ2) is 8.86. The highest BCUT2D eigenvalue weighted by molar-refractivity contribution is 7.86. The van der Waals surface area contributed by atoms with E-state index in [2.05, 4.69) is 19.7 Å². The zero-order valence-corrected chi connectivity index (χ0v) is 18.9. The summed E-state index contributed by atoms with van der Waals surface area (Å²) < 4.78 is 64.9. The van der Waals surface area contributed by atoms with E-state index in [-0.39, 0.29) is 23.0 Å². The number of aromatic nitrogens is 3. The number of nitrogens with zero attached hydrogens (tertiary/aromatic N) is 3. The van der Waals surface area contributed by atoms with Gasteiger partial charge in [0.25, 0.3) is 0 Å². The summed E-state index contributed by atoms with van der Waals surface area (Å²) in [7, 11) is -1.75. The number of anilines is 2. The van der Waals surface area contributed by atoms with E-state index in [0.717, 1.165) is 32.1 Å². The molecule has 11 heteroatoms. The number of nitrogens with one attached hydrogen (secondary N) is 1. The van der Waals surface area contributed by atoms with Crippen LogP contribution in [0.3, 0.4) is 0 Å². The lowest BCUT2D eigenvalue weighted by atomic mass is 9.87. The summed E-state index contributed by atoms with van der Waals surface area (Å²) in [5.74, 6) is -3.97. The Morgan fingerprint density at radius 2 is 1.94 bits per heavy atom. The summed E-state index contributed by atoms with van der Waals surface area (Å²) >= 11 is 0. The van der Waals surface area contributed by atoms with Gasteiger partial charge in [-0.25, -0.2) is 27.9 Å². The first-order valence-electron chi connectivity index (χ1n) is 10.9. The third kappa shape index (κ3) is 4.31. The van der Waals surface area contributed by atoms with Crippen molar-refractivity contribution in [2.24, 2.45) is 11.3 Å². The van der Waals surface area contributed by atoms with Crippen LogP contribution in [0.25, 0.3) is 11.3 Å². The minimum Gasteiger partial charge on any atom is -0.435 e. The number of halogens is 3. The Bertz CT molecular complexity index is 1270. The number of nitrogen functional groups attached to an aromatic ring is 1. The molecule has 0 spiro atoms. The fourth-order valence-corrected chi connectivity index (χ4v) is 6.43. The van der Waals surface area contributed by atoms with Crippen LogP contribution in [0, 0.1) is 28.8 Å². The van der Waals surface area contributed by atoms with Crippen molar-refractivity contribution >= 4 is 22.6 Å². The average Bonchev–Trinajstić information content (AvgIpc) is 3.41. The molecule has 1 aromatic carbocycles. The van der Waals surface area contributed by atoms with Crippen LogP contribution in [0.1, 0.15) is 32.1 Å². The monoisotopic (exact) mass is 489 g/mol. The Kier molecular flexibility index (Phi) is 5.88. The van der Waals surface area contributed by atoms with E-state index in [1.165, 1.54) is 18.5 Å². The van der Waals surface area contributed by atoms with E-state index >= 15 is 0 Å². The first-order valence-corrected chi connectivity index (χ1v) is 12.2. The minimum absolute atomic E-state index is 0.00395. The highest BCUT2D eigenvalue weighted by atomic mass is 32.2. The molecule has 2 aliphatic carbocycles. The van der Waals surface area contributed by atoms with Gasteiger partial charge in [-0.15, -0.1) is 0 Å². The van der Waals surface area contributed by atoms with E-state index < -0.39 is 39.9 Å². The Balaban J connectivity index is 1.38. The number of nitrogens with two attached hydrogens (primary N) is 1. The van der Waals surface area contributed by atoms with Gasteiger partial charge in [-0.2, -0.15) is 4.39 Å². The van der Waals surface area contributed by atoms with Gasteiger partial charge >= 0.3 is 0 Å². The number of rotatable bonds is 7. The highest BCUT2D eigenvalue weighted by Crippen LogP contribution is 2.54. The van der Waals surface area contributed by atoms with E-state index in [1.54, 1.807) is 12.1 Å². The van der Waals surface area contributed by atoms with Gasteiger partial charge in [-0.1, -0.05) is 0 Å². The molecule has 2 fully saturated rings. The number of hydrogen-bond acceptors (Lipinski definition) is 6. The Hall–Kier alpha value is -3.21. The summed E-state index contributed by atoms with van der Waals surface area (Å²) in [5.41, 5.74) is 5.44. The van der Waals surface area contributed by atoms with Gasteiger partial charge in [0.15, 0.2) is 17.4 Å². The van der Waals surface area contributed by atoms with Gasteiger partial charge in [0.1, 0.15) is 16.7 Å². The van der Waals surface area contributed by atoms with Crippen LogP contribution in [0.4, 0.5) is 24.8 Å². The van der Waals surface area contributed by atoms with Crippen molar-refractivity contribution in [3.63, 3.8) is 0 Å². The molecule has 7 nitrogen and oxygen atoms in total. The fourth-order valence-electron chi connectivity index (χ4n) is 4.98. The lowest BCUT2D eigenvalue weighted by molar-refractivity contribution is 0.338. The van der Waals surface area contributed by atoms with Crippen molar-refractivity contribution in [2.75, 3.05) is 16.2 Å². The molecular formula is C23H22F3N5O2S. The summed E-state index contributed by atoms with van der Waals surface area (Å²) in [6, 6.07) is 5.42. The van der Waals surface area contributed by atoms with Gasteiger partial charge in [0.05, 0.1) is 11.3 Å². The molecule has 1 atom stereocenters. The van der Waals surface area contributed by atoms with Crippen LogP contribution in [0.2, 0.25) is 0 Å². The maximum absolute atomic E-state index is 14.9. The Morgan fingerprint density at radius 3 is 2.65 bits per heavy atom. The molecular weight excluding hydrogens is 467 g/mol. The number of hydrogen-bond donors (Lipinski definition) is 2. The van der Waals surface area contributed by atoms with Crippen molar-refractivity contribution < 1.29 is 22.1 Å². The maximum Gasteiger partial charge on any atom is 0.228 e. The van der Waals surface area contributed by atoms with Crippen LogP contribution in [-0.4, -0.2) is 24.9 Å². The molecule has 178 valence electrons. The molecule has 34 heavy (non-hydrogen) atoms. The molecule has 2 aromatic heterocycles. The van der Waals surface area contributed by atoms with Crippen LogP contribution in [0.15, 0.2) is 36.7 Å². The van der Waals surface area contributed by atoms with Gasteiger partial charge < -0.3 is 10.5 Å². The molecule has 2 bridgehead atoms. The van der Waals surface area contributed by atoms with Crippen molar-refractivity contribution in [3.05, 3.63) is 54.1 Å². The van der Waals surface area contributed by atoms with Crippen molar-refractivity contribution in [1.82, 2.24) is 15.0 Å². The quantitative estimate of drug-likeness (QED) is 0.454. The molecule has 5 rings (SSSR count). The van der Waals surface area contributed by atoms with E-state index in [4.69, 9.17) is 10.5 Å². The average molecular weight is 490 g/mol. The largest absolute Gasteiger partial charge is 0.435 e. The molecule has 0 radical (unpaired) electrons. The normalized spacial score (nSPS) is 22.0. The number of pyridine rings is 1. The first kappa shape index (κ1) is 22.6. The van der Waals surface area contributed by atoms with Crippen LogP contribution in [0.5, 0.6) is 11.6 Å². The second-order valence-corrected chi connectivity index (χ2v) is 10.0. The molecule has 2 saturated carbocycles. The van der Waals surface area contributed by atoms with Crippen molar-refractivity contribution in [3.8, 4) is 22.9 Å². The lowest BCUT2D eigenvalue weighted by Crippen LogP contribution is -2.26. The second-order valence-electron chi connectivity index (χ2n) is 8.86. The van der Waals surface area contributed by atoms with E-state index in [0.29, 0.717) is 23.2 Å². The van der Waals surface area contributed by atoms with Crippen LogP contribution >= 0.6 is 0 Å². The summed E-state index contributed by atoms with van der Waals surface area (Å²) in [4.78, 5) is 11.9. The van der Waals surface area contributed by atoms with Gasteiger partial charge in [0, 0.05) is 24.2 Å². The highest BCUT2D eigenvalue weighted by Gasteiger charge is 2.45. The molecule has 0 saturated heterocycles. The smallest absolute Gasteiger partial charge is 0.228 e. The van der Waals surface area contributed by atoms with Crippen LogP contribution in [-0.2, 0) is 11.0 Å². The molecule has 1 unspecified atom stereocenters. The fraction of sp³-hybridized carbons (Fsp3) is 0.348. The third-order valence-electron chi connectivity index (χ3n) is 6.59. The summed E-state index contributed by atoms with van der Waals surface area (Å²) in [6.45, 7) is 0. The minimum atomic E-state index is -1.75. The predicted molar refractivity (Wildman–Crippen MR) is 122 cm³/mol. The predicted octanol–water partition coefficient (Wildman–Crippen LogP) is 4.99. The Morgan fingerprint density at radius 1 is 1.15 bits per heavy atom. The van der Waals surface area contributed by atoms with Gasteiger partial charge in [-0.05, 0) is 61.6 Å². The molecule has 2 heterocycles. The van der Waals surface area contributed by atoms with Gasteiger partial charge in [0.2, 0.25) is 17.6 Å². The Labute approximate surface area is 196 Å². The van der Waals surface area contributed by atoms with E-state index in [9.17, 15) is 17.4 Å². The molecule has 0 aliphatic heterocycles. The maximum atomic E-state index is 14.9. The number of ether oxygens (including phenoxy) is 1. The zero-order chi connectivity index (χ0) is 23.9. The summed E-state index contributed by atoms with van der Waals surface area (Å²) in [5, 5.41) is 0. The number of benzene rings is 1. The van der Waals surface area contributed by atoms with Crippen molar-refractivity contribution in [2.45, 2.75) is 32.1 Å². The lowest BCUT2D eigenvalue weighted by Gasteiger charge is -2.25. The third-order valence-corrected chi connectivity index (χ3v) is 7.90. The molecule has 0 amide bonds. The van der Waals surface area contributed by atoms with Crippen molar-refractivity contribution in [1.29, 1.82) is 0 Å². The SMILES string of the molecule is Nc1nccc(-c2cccnc2Oc2cc(F)c(NS(=O)CC34CCC(CC3)C4)c(F)c2F)n1. The molecule has 3 N–H and O–H groups in total.